The van der Waals surface area contributed by atoms with Gasteiger partial charge in [-0.15, -0.1) is 5.10 Å². The average Bonchev–Trinajstić information content (AvgIpc) is 3.68. The Kier molecular flexibility index (Phi) is 9.14. The summed E-state index contributed by atoms with van der Waals surface area (Å²) < 4.78 is 8.67. The molecule has 5 heterocycles. The predicted octanol–water partition coefficient (Wildman–Crippen LogP) is 2.79. The molecular weight excluding hydrogens is 624 g/mol. The molecule has 0 unspecified atom stereocenters. The number of amides is 3. The van der Waals surface area contributed by atoms with Gasteiger partial charge in [-0.3, -0.25) is 14.4 Å². The van der Waals surface area contributed by atoms with Gasteiger partial charge >= 0.3 is 0 Å². The molecule has 0 atom stereocenters. The van der Waals surface area contributed by atoms with Crippen LogP contribution in [0.2, 0.25) is 5.02 Å². The number of rotatable bonds is 7. The third kappa shape index (κ3) is 6.65. The fraction of sp³-hybridized carbons (Fsp3) is 0.375. The van der Waals surface area contributed by atoms with Crippen LogP contribution in [0.5, 0.6) is 5.88 Å². The van der Waals surface area contributed by atoms with E-state index in [0.29, 0.717) is 66.1 Å². The molecule has 2 aliphatic heterocycles. The van der Waals surface area contributed by atoms with Gasteiger partial charge in [0, 0.05) is 51.0 Å². The highest BCUT2D eigenvalue weighted by atomic mass is 35.5. The highest BCUT2D eigenvalue weighted by molar-refractivity contribution is 6.34. The lowest BCUT2D eigenvalue weighted by atomic mass is 9.95. The number of nitrogens with one attached hydrogen (secondary N) is 1. The number of carbonyl (C=O) groups is 3. The first-order valence-electron chi connectivity index (χ1n) is 15.4. The highest BCUT2D eigenvalue weighted by Crippen LogP contribution is 2.31. The first-order chi connectivity index (χ1) is 22.6. The maximum absolute atomic E-state index is 13.3. The largest absolute Gasteiger partial charge is 0.479 e. The number of imidazole rings is 1. The molecule has 2 fully saturated rings. The van der Waals surface area contributed by atoms with Gasteiger partial charge in [-0.25, -0.2) is 14.6 Å². The van der Waals surface area contributed by atoms with Crippen molar-refractivity contribution in [1.29, 1.82) is 0 Å². The molecule has 47 heavy (non-hydrogen) atoms. The molecule has 14 nitrogen and oxygen atoms in total. The molecule has 2 aliphatic rings. The minimum Gasteiger partial charge on any atom is -0.479 e. The molecule has 0 spiro atoms. The van der Waals surface area contributed by atoms with Crippen LogP contribution in [-0.2, 0) is 11.8 Å². The van der Waals surface area contributed by atoms with Crippen LogP contribution in [0.1, 0.15) is 33.8 Å². The number of piperazine rings is 1. The SMILES string of the molecule is COc1nn(-c2ccc(N)cn2)cc1-c1cnc(C(=O)Nc2ccc(C(=O)N3CCN(C(=O)C4CCN(C)CC4)CC3)c(Cl)c2)n1C. The summed E-state index contributed by atoms with van der Waals surface area (Å²) in [7, 11) is 5.30. The number of ether oxygens (including phenoxy) is 1. The number of halogens is 1. The van der Waals surface area contributed by atoms with Gasteiger partial charge in [0.1, 0.15) is 0 Å². The van der Waals surface area contributed by atoms with Crippen LogP contribution in [0.25, 0.3) is 17.1 Å². The Labute approximate surface area is 277 Å². The van der Waals surface area contributed by atoms with Crippen LogP contribution in [0.15, 0.2) is 48.9 Å². The molecule has 0 aliphatic carbocycles. The number of carbonyl (C=O) groups excluding carboxylic acids is 3. The van der Waals surface area contributed by atoms with Crippen LogP contribution in [0, 0.1) is 5.92 Å². The number of benzene rings is 1. The van der Waals surface area contributed by atoms with Gasteiger partial charge in [0.15, 0.2) is 11.6 Å². The van der Waals surface area contributed by atoms with E-state index in [1.807, 2.05) is 4.90 Å². The number of nitrogen functional groups attached to an aromatic ring is 1. The van der Waals surface area contributed by atoms with Gasteiger partial charge in [-0.1, -0.05) is 11.6 Å². The number of piperidine rings is 1. The van der Waals surface area contributed by atoms with E-state index in [0.717, 1.165) is 25.9 Å². The Morgan fingerprint density at radius 2 is 1.68 bits per heavy atom. The van der Waals surface area contributed by atoms with Gasteiger partial charge < -0.3 is 35.1 Å². The molecule has 3 aromatic heterocycles. The van der Waals surface area contributed by atoms with Gasteiger partial charge in [0.2, 0.25) is 11.8 Å². The summed E-state index contributed by atoms with van der Waals surface area (Å²) in [6.07, 6.45) is 6.58. The number of pyridine rings is 1. The maximum atomic E-state index is 13.3. The van der Waals surface area contributed by atoms with E-state index in [1.54, 1.807) is 63.9 Å². The molecule has 1 aromatic carbocycles. The number of hydrogen-bond acceptors (Lipinski definition) is 9. The van der Waals surface area contributed by atoms with Crippen LogP contribution < -0.4 is 15.8 Å². The Morgan fingerprint density at radius 1 is 0.957 bits per heavy atom. The summed E-state index contributed by atoms with van der Waals surface area (Å²) in [6.45, 7) is 3.73. The number of hydrogen-bond donors (Lipinski definition) is 2. The van der Waals surface area contributed by atoms with Crippen LogP contribution in [-0.4, -0.2) is 110 Å². The smallest absolute Gasteiger partial charge is 0.291 e. The zero-order valence-electron chi connectivity index (χ0n) is 26.5. The molecule has 6 rings (SSSR count). The molecule has 15 heteroatoms. The van der Waals surface area contributed by atoms with Crippen molar-refractivity contribution in [2.45, 2.75) is 12.8 Å². The van der Waals surface area contributed by atoms with E-state index in [4.69, 9.17) is 22.1 Å². The minimum atomic E-state index is -0.467. The molecule has 246 valence electrons. The molecule has 0 saturated carbocycles. The van der Waals surface area contributed by atoms with Crippen molar-refractivity contribution < 1.29 is 19.1 Å². The lowest BCUT2D eigenvalue weighted by Crippen LogP contribution is -2.52. The minimum absolute atomic E-state index is 0.0581. The molecule has 0 bridgehead atoms. The standard InChI is InChI=1S/C32H37ClN10O4/c1-39-10-8-20(9-11-39)31(45)41-12-14-42(15-13-41)32(46)23-6-5-22(16-25(23)33)37-29(44)28-36-18-26(40(28)2)24-19-43(38-30(24)47-3)27-7-4-21(34)17-35-27/h4-7,16-20H,8-15,34H2,1-3H3,(H,37,44). The van der Waals surface area contributed by atoms with Gasteiger partial charge in [0.25, 0.3) is 11.8 Å². The van der Waals surface area contributed by atoms with Crippen molar-refractivity contribution in [2.24, 2.45) is 13.0 Å². The summed E-state index contributed by atoms with van der Waals surface area (Å²) >= 11 is 6.55. The second-order valence-corrected chi connectivity index (χ2v) is 12.2. The van der Waals surface area contributed by atoms with E-state index < -0.39 is 5.91 Å². The van der Waals surface area contributed by atoms with E-state index in [-0.39, 0.29) is 28.6 Å². The van der Waals surface area contributed by atoms with E-state index >= 15 is 0 Å². The summed E-state index contributed by atoms with van der Waals surface area (Å²) in [6, 6.07) is 8.23. The second-order valence-electron chi connectivity index (χ2n) is 11.8. The molecule has 2 saturated heterocycles. The van der Waals surface area contributed by atoms with Gasteiger partial charge in [-0.05, 0) is 63.3 Å². The predicted molar refractivity (Wildman–Crippen MR) is 177 cm³/mol. The number of likely N-dealkylation sites (tertiary alicyclic amines) is 1. The van der Waals surface area contributed by atoms with Crippen LogP contribution in [0.3, 0.4) is 0 Å². The Hall–Kier alpha value is -4.95. The van der Waals surface area contributed by atoms with Crippen molar-refractivity contribution in [2.75, 3.05) is 64.5 Å². The lowest BCUT2D eigenvalue weighted by molar-refractivity contribution is -0.138. The summed E-state index contributed by atoms with van der Waals surface area (Å²) in [5, 5.41) is 7.48. The fourth-order valence-electron chi connectivity index (χ4n) is 5.97. The number of nitrogens with zero attached hydrogens (tertiary/aromatic N) is 8. The fourth-order valence-corrected chi connectivity index (χ4v) is 6.23. The van der Waals surface area contributed by atoms with E-state index in [9.17, 15) is 14.4 Å². The maximum Gasteiger partial charge on any atom is 0.291 e. The van der Waals surface area contributed by atoms with Crippen molar-refractivity contribution in [3.8, 4) is 23.0 Å². The number of nitrogens with two attached hydrogens (primary N) is 1. The zero-order valence-corrected chi connectivity index (χ0v) is 27.3. The zero-order chi connectivity index (χ0) is 33.2. The normalized spacial score (nSPS) is 15.9. The number of anilines is 2. The molecule has 4 aromatic rings. The van der Waals surface area contributed by atoms with Crippen molar-refractivity contribution >= 4 is 40.7 Å². The van der Waals surface area contributed by atoms with Gasteiger partial charge in [0.05, 0.1) is 47.0 Å². The quantitative estimate of drug-likeness (QED) is 0.304. The second kappa shape index (κ2) is 13.4. The van der Waals surface area contributed by atoms with Crippen molar-refractivity contribution in [1.82, 2.24) is 39.0 Å². The molecule has 3 amide bonds. The van der Waals surface area contributed by atoms with Crippen LogP contribution in [0.4, 0.5) is 11.4 Å². The number of methoxy groups -OCH3 is 1. The topological polar surface area (TPSA) is 157 Å². The van der Waals surface area contributed by atoms with Gasteiger partial charge in [-0.2, -0.15) is 0 Å². The third-order valence-corrected chi connectivity index (χ3v) is 9.06. The third-order valence-electron chi connectivity index (χ3n) is 8.75. The summed E-state index contributed by atoms with van der Waals surface area (Å²) in [4.78, 5) is 54.1. The number of aromatic nitrogens is 5. The first-order valence-corrected chi connectivity index (χ1v) is 15.8. The first kappa shape index (κ1) is 32.0. The summed E-state index contributed by atoms with van der Waals surface area (Å²) in [5.41, 5.74) is 8.24. The molecule has 0 radical (unpaired) electrons. The van der Waals surface area contributed by atoms with Crippen molar-refractivity contribution in [3.63, 3.8) is 0 Å². The lowest BCUT2D eigenvalue weighted by Gasteiger charge is -2.38. The molecular formula is C32H37ClN10O4. The van der Waals surface area contributed by atoms with Crippen LogP contribution >= 0.6 is 11.6 Å². The van der Waals surface area contributed by atoms with Crippen molar-refractivity contribution in [3.05, 3.63) is 65.3 Å². The Balaban J connectivity index is 1.09. The Bertz CT molecular complexity index is 1790. The highest BCUT2D eigenvalue weighted by Gasteiger charge is 2.31. The average molecular weight is 661 g/mol. The van der Waals surface area contributed by atoms with E-state index in [1.165, 1.54) is 13.3 Å². The Morgan fingerprint density at radius 3 is 2.34 bits per heavy atom. The summed E-state index contributed by atoms with van der Waals surface area (Å²) in [5.74, 6) is 0.585. The molecule has 3 N–H and O–H groups in total. The monoisotopic (exact) mass is 660 g/mol. The van der Waals surface area contributed by atoms with E-state index in [2.05, 4.69) is 32.3 Å².